The van der Waals surface area contributed by atoms with Gasteiger partial charge in [-0.1, -0.05) is 27.9 Å². The molecular formula is C24H27BrO11. The first-order valence-electron chi connectivity index (χ1n) is 10.8. The number of carbonyl (C=O) groups excluding carboxylic acids is 1. The highest BCUT2D eigenvalue weighted by atomic mass is 79.9. The molecule has 196 valence electrons. The molecule has 1 heterocycles. The molecule has 1 saturated heterocycles. The Balaban J connectivity index is 2.58. The molecule has 0 saturated carbocycles. The highest BCUT2D eigenvalue weighted by Gasteiger charge is 2.51. The standard InChI is InChI=1S/C24H27BrO11/c1-4-7-34-21-12(2)17(6-5-13(21)11-25)35-24-16(10-20(30)31)14(8-18(26)27)15(9-19(28)29)22(36-24)23(32)33-3/h1,5-6,14-16,22,24H,7-11H2,2-3H3,(H,26,27)(H,28,29)(H,30,31)/t14-,15-,16+,22-,24+/m0/s1. The van der Waals surface area contributed by atoms with E-state index in [-0.39, 0.29) is 12.4 Å². The molecule has 0 spiro atoms. The molecule has 11 nitrogen and oxygen atoms in total. The molecule has 0 bridgehead atoms. The van der Waals surface area contributed by atoms with E-state index in [1.807, 2.05) is 0 Å². The van der Waals surface area contributed by atoms with Gasteiger partial charge in [-0.25, -0.2) is 4.79 Å². The van der Waals surface area contributed by atoms with Gasteiger partial charge in [-0.05, 0) is 18.9 Å². The summed E-state index contributed by atoms with van der Waals surface area (Å²) in [4.78, 5) is 47.5. The predicted octanol–water partition coefficient (Wildman–Crippen LogP) is 2.45. The van der Waals surface area contributed by atoms with E-state index in [0.29, 0.717) is 16.6 Å². The normalized spacial score (nSPS) is 23.2. The molecule has 1 aliphatic rings. The van der Waals surface area contributed by atoms with Crippen molar-refractivity contribution in [3.05, 3.63) is 23.3 Å². The van der Waals surface area contributed by atoms with E-state index in [9.17, 15) is 34.5 Å². The number of carboxylic acid groups (broad SMARTS) is 3. The second-order valence-electron chi connectivity index (χ2n) is 8.15. The van der Waals surface area contributed by atoms with Crippen molar-refractivity contribution in [2.75, 3.05) is 13.7 Å². The summed E-state index contributed by atoms with van der Waals surface area (Å²) in [6.07, 6.45) is 0.564. The highest BCUT2D eigenvalue weighted by Crippen LogP contribution is 2.43. The molecule has 1 aliphatic heterocycles. The van der Waals surface area contributed by atoms with Crippen LogP contribution in [-0.4, -0.2) is 65.3 Å². The third kappa shape index (κ3) is 7.11. The topological polar surface area (TPSA) is 166 Å². The molecule has 0 unspecified atom stereocenters. The summed E-state index contributed by atoms with van der Waals surface area (Å²) in [6, 6.07) is 3.29. The zero-order valence-electron chi connectivity index (χ0n) is 19.6. The van der Waals surface area contributed by atoms with Crippen LogP contribution in [-0.2, 0) is 34.0 Å². The van der Waals surface area contributed by atoms with Crippen molar-refractivity contribution in [1.82, 2.24) is 0 Å². The molecule has 2 rings (SSSR count). The highest BCUT2D eigenvalue weighted by molar-refractivity contribution is 9.08. The number of carboxylic acids is 3. The van der Waals surface area contributed by atoms with Crippen molar-refractivity contribution in [3.63, 3.8) is 0 Å². The first kappa shape index (κ1) is 28.9. The number of ether oxygens (including phenoxy) is 4. The van der Waals surface area contributed by atoms with E-state index in [1.54, 1.807) is 19.1 Å². The van der Waals surface area contributed by atoms with Gasteiger partial charge in [-0.15, -0.1) is 6.42 Å². The van der Waals surface area contributed by atoms with Crippen molar-refractivity contribution in [1.29, 1.82) is 0 Å². The van der Waals surface area contributed by atoms with Gasteiger partial charge in [0.05, 0.1) is 20.0 Å². The maximum absolute atomic E-state index is 12.5. The van der Waals surface area contributed by atoms with Crippen molar-refractivity contribution >= 4 is 39.8 Å². The van der Waals surface area contributed by atoms with Crippen LogP contribution in [0.25, 0.3) is 0 Å². The third-order valence-electron chi connectivity index (χ3n) is 5.91. The Morgan fingerprint density at radius 2 is 1.61 bits per heavy atom. The number of hydrogen-bond acceptors (Lipinski definition) is 8. The van der Waals surface area contributed by atoms with Gasteiger partial charge in [0.15, 0.2) is 6.10 Å². The van der Waals surface area contributed by atoms with Crippen LogP contribution in [0.2, 0.25) is 0 Å². The van der Waals surface area contributed by atoms with Crippen LogP contribution in [0.5, 0.6) is 11.5 Å². The Labute approximate surface area is 215 Å². The number of esters is 1. The van der Waals surface area contributed by atoms with Gasteiger partial charge in [0, 0.05) is 34.7 Å². The molecule has 3 N–H and O–H groups in total. The van der Waals surface area contributed by atoms with E-state index in [1.165, 1.54) is 0 Å². The Hall–Kier alpha value is -3.30. The Kier molecular flexibility index (Phi) is 10.6. The van der Waals surface area contributed by atoms with E-state index in [4.69, 9.17) is 25.4 Å². The number of halogens is 1. The molecule has 0 aromatic heterocycles. The number of alkyl halides is 1. The van der Waals surface area contributed by atoms with Crippen LogP contribution >= 0.6 is 15.9 Å². The molecule has 0 aliphatic carbocycles. The number of hydrogen-bond donors (Lipinski definition) is 3. The average molecular weight is 571 g/mol. The smallest absolute Gasteiger partial charge is 0.335 e. The van der Waals surface area contributed by atoms with Crippen LogP contribution in [0.4, 0.5) is 0 Å². The fourth-order valence-electron chi connectivity index (χ4n) is 4.37. The van der Waals surface area contributed by atoms with Gasteiger partial charge >= 0.3 is 23.9 Å². The van der Waals surface area contributed by atoms with Gasteiger partial charge in [-0.3, -0.25) is 14.4 Å². The maximum Gasteiger partial charge on any atom is 0.335 e. The summed E-state index contributed by atoms with van der Waals surface area (Å²) in [6.45, 7) is 1.66. The number of rotatable bonds is 12. The number of carbonyl (C=O) groups is 4. The number of aliphatic carboxylic acids is 3. The Morgan fingerprint density at radius 3 is 2.14 bits per heavy atom. The third-order valence-corrected chi connectivity index (χ3v) is 6.51. The van der Waals surface area contributed by atoms with Crippen LogP contribution in [0, 0.1) is 37.0 Å². The minimum atomic E-state index is -1.50. The second kappa shape index (κ2) is 13.1. The van der Waals surface area contributed by atoms with Gasteiger partial charge in [0.1, 0.15) is 18.1 Å². The molecule has 0 radical (unpaired) electrons. The molecule has 0 amide bonds. The van der Waals surface area contributed by atoms with Crippen LogP contribution < -0.4 is 9.47 Å². The lowest BCUT2D eigenvalue weighted by Crippen LogP contribution is -2.54. The SMILES string of the molecule is C#CCOc1c(CBr)ccc(O[C@@H]2O[C@H](C(=O)OC)[C@@H](CC(=O)O)[C@H](CC(=O)O)[C@H]2CC(=O)O)c1C. The number of benzene rings is 1. The minimum Gasteiger partial charge on any atom is -0.481 e. The lowest BCUT2D eigenvalue weighted by atomic mass is 9.71. The Morgan fingerprint density at radius 1 is 1.03 bits per heavy atom. The number of methoxy groups -OCH3 is 1. The summed E-state index contributed by atoms with van der Waals surface area (Å²) >= 11 is 3.37. The lowest BCUT2D eigenvalue weighted by Gasteiger charge is -2.44. The summed E-state index contributed by atoms with van der Waals surface area (Å²) in [5.74, 6) is -5.13. The summed E-state index contributed by atoms with van der Waals surface area (Å²) in [5.41, 5.74) is 1.27. The van der Waals surface area contributed by atoms with Crippen LogP contribution in [0.1, 0.15) is 30.4 Å². The summed E-state index contributed by atoms with van der Waals surface area (Å²) in [7, 11) is 1.08. The molecule has 1 aromatic rings. The minimum absolute atomic E-state index is 0.0200. The van der Waals surface area contributed by atoms with E-state index >= 15 is 0 Å². The quantitative estimate of drug-likeness (QED) is 0.192. The van der Waals surface area contributed by atoms with E-state index < -0.39 is 73.3 Å². The molecule has 36 heavy (non-hydrogen) atoms. The average Bonchev–Trinajstić information content (AvgIpc) is 2.81. The van der Waals surface area contributed by atoms with Gasteiger partial charge < -0.3 is 34.3 Å². The fraction of sp³-hybridized carbons (Fsp3) is 0.500. The lowest BCUT2D eigenvalue weighted by molar-refractivity contribution is -0.233. The molecule has 1 aromatic carbocycles. The zero-order chi connectivity index (χ0) is 27.0. The summed E-state index contributed by atoms with van der Waals surface area (Å²) in [5, 5.41) is 28.9. The van der Waals surface area contributed by atoms with Crippen molar-refractivity contribution in [3.8, 4) is 23.8 Å². The fourth-order valence-corrected chi connectivity index (χ4v) is 4.81. The molecule has 12 heteroatoms. The molecular weight excluding hydrogens is 544 g/mol. The van der Waals surface area contributed by atoms with Crippen LogP contribution in [0.15, 0.2) is 12.1 Å². The first-order chi connectivity index (χ1) is 17.0. The van der Waals surface area contributed by atoms with Crippen molar-refractivity contribution < 1.29 is 53.4 Å². The van der Waals surface area contributed by atoms with Crippen LogP contribution in [0.3, 0.4) is 0 Å². The molecule has 1 fully saturated rings. The predicted molar refractivity (Wildman–Crippen MR) is 127 cm³/mol. The number of terminal acetylenes is 1. The van der Waals surface area contributed by atoms with Crippen molar-refractivity contribution in [2.24, 2.45) is 17.8 Å². The largest absolute Gasteiger partial charge is 0.481 e. The van der Waals surface area contributed by atoms with E-state index in [0.717, 1.165) is 12.7 Å². The van der Waals surface area contributed by atoms with Crippen molar-refractivity contribution in [2.45, 2.75) is 43.9 Å². The first-order valence-corrected chi connectivity index (χ1v) is 12.0. The summed E-state index contributed by atoms with van der Waals surface area (Å²) < 4.78 is 22.3. The maximum atomic E-state index is 12.5. The molecule has 5 atom stereocenters. The van der Waals surface area contributed by atoms with Gasteiger partial charge in [-0.2, -0.15) is 0 Å². The Bertz CT molecular complexity index is 1030. The monoisotopic (exact) mass is 570 g/mol. The van der Waals surface area contributed by atoms with Gasteiger partial charge in [0.25, 0.3) is 0 Å². The van der Waals surface area contributed by atoms with Gasteiger partial charge in [0.2, 0.25) is 6.29 Å². The zero-order valence-corrected chi connectivity index (χ0v) is 21.2. The second-order valence-corrected chi connectivity index (χ2v) is 8.72. The van der Waals surface area contributed by atoms with E-state index in [2.05, 4.69) is 21.9 Å².